The molecule has 0 unspecified atom stereocenters. The van der Waals surface area contributed by atoms with E-state index in [2.05, 4.69) is 10.0 Å². The number of carboxylic acids is 1. The van der Waals surface area contributed by atoms with Crippen LogP contribution in [0.25, 0.3) is 0 Å². The average molecular weight is 272 g/mol. The highest BCUT2D eigenvalue weighted by Crippen LogP contribution is 2.10. The summed E-state index contributed by atoms with van der Waals surface area (Å²) in [7, 11) is -3.26. The second-order valence-corrected chi connectivity index (χ2v) is 5.56. The summed E-state index contributed by atoms with van der Waals surface area (Å²) in [5.74, 6) is -1.07. The molecule has 0 fully saturated rings. The number of aromatic carboxylic acids is 1. The zero-order valence-corrected chi connectivity index (χ0v) is 10.8. The molecule has 0 saturated carbocycles. The Morgan fingerprint density at radius 1 is 1.39 bits per heavy atom. The van der Waals surface area contributed by atoms with Crippen molar-refractivity contribution in [2.24, 2.45) is 0 Å². The van der Waals surface area contributed by atoms with Gasteiger partial charge in [-0.05, 0) is 18.2 Å². The minimum atomic E-state index is -3.26. The second kappa shape index (κ2) is 6.36. The van der Waals surface area contributed by atoms with Crippen LogP contribution in [0.15, 0.2) is 24.3 Å². The number of carboxylic acid groups (broad SMARTS) is 1. The van der Waals surface area contributed by atoms with Crippen molar-refractivity contribution >= 4 is 21.7 Å². The lowest BCUT2D eigenvalue weighted by Crippen LogP contribution is -2.29. The van der Waals surface area contributed by atoms with E-state index >= 15 is 0 Å². The zero-order chi connectivity index (χ0) is 13.6. The maximum atomic E-state index is 11.4. The van der Waals surface area contributed by atoms with E-state index in [0.29, 0.717) is 12.2 Å². The standard InChI is InChI=1S/C11H16N2O4S/c1-2-13-18(16,17)7-6-12-10-5-3-4-9(8-10)11(14)15/h3-5,8,12-13H,2,6-7H2,1H3,(H,14,15). The first-order chi connectivity index (χ1) is 8.44. The van der Waals surface area contributed by atoms with Crippen LogP contribution in [0.2, 0.25) is 0 Å². The van der Waals surface area contributed by atoms with Gasteiger partial charge < -0.3 is 10.4 Å². The van der Waals surface area contributed by atoms with Gasteiger partial charge in [-0.2, -0.15) is 0 Å². The van der Waals surface area contributed by atoms with Crippen molar-refractivity contribution in [2.45, 2.75) is 6.92 Å². The minimum Gasteiger partial charge on any atom is -0.478 e. The number of anilines is 1. The Bertz CT molecular complexity index is 514. The number of hydrogen-bond acceptors (Lipinski definition) is 4. The lowest BCUT2D eigenvalue weighted by molar-refractivity contribution is 0.0697. The lowest BCUT2D eigenvalue weighted by atomic mass is 10.2. The molecule has 0 heterocycles. The van der Waals surface area contributed by atoms with Crippen LogP contribution in [0.3, 0.4) is 0 Å². The summed E-state index contributed by atoms with van der Waals surface area (Å²) in [6.45, 7) is 2.29. The normalized spacial score (nSPS) is 11.2. The number of sulfonamides is 1. The number of rotatable bonds is 7. The van der Waals surface area contributed by atoms with Crippen molar-refractivity contribution in [2.75, 3.05) is 24.2 Å². The summed E-state index contributed by atoms with van der Waals surface area (Å²) in [6.07, 6.45) is 0. The van der Waals surface area contributed by atoms with Crippen LogP contribution < -0.4 is 10.0 Å². The lowest BCUT2D eigenvalue weighted by Gasteiger charge is -2.08. The predicted molar refractivity (Wildman–Crippen MR) is 69.4 cm³/mol. The van der Waals surface area contributed by atoms with Crippen LogP contribution in [-0.2, 0) is 10.0 Å². The van der Waals surface area contributed by atoms with Gasteiger partial charge in [0.05, 0.1) is 11.3 Å². The number of benzene rings is 1. The van der Waals surface area contributed by atoms with E-state index < -0.39 is 16.0 Å². The summed E-state index contributed by atoms with van der Waals surface area (Å²) in [5.41, 5.74) is 0.746. The van der Waals surface area contributed by atoms with Crippen molar-refractivity contribution in [3.8, 4) is 0 Å². The summed E-state index contributed by atoms with van der Waals surface area (Å²) < 4.78 is 25.1. The van der Waals surface area contributed by atoms with E-state index in [4.69, 9.17) is 5.11 Å². The van der Waals surface area contributed by atoms with Crippen molar-refractivity contribution < 1.29 is 18.3 Å². The largest absolute Gasteiger partial charge is 0.478 e. The Balaban J connectivity index is 2.54. The monoisotopic (exact) mass is 272 g/mol. The summed E-state index contributed by atoms with van der Waals surface area (Å²) in [6, 6.07) is 6.22. The van der Waals surface area contributed by atoms with Crippen molar-refractivity contribution in [1.29, 1.82) is 0 Å². The molecule has 1 aromatic rings. The minimum absolute atomic E-state index is 0.0574. The smallest absolute Gasteiger partial charge is 0.335 e. The average Bonchev–Trinajstić information content (AvgIpc) is 2.29. The molecule has 0 bridgehead atoms. The molecule has 3 N–H and O–H groups in total. The third kappa shape index (κ3) is 4.72. The molecule has 100 valence electrons. The molecule has 0 saturated heterocycles. The van der Waals surface area contributed by atoms with Crippen LogP contribution >= 0.6 is 0 Å². The van der Waals surface area contributed by atoms with Crippen LogP contribution in [0, 0.1) is 0 Å². The van der Waals surface area contributed by atoms with E-state index in [1.165, 1.54) is 12.1 Å². The van der Waals surface area contributed by atoms with Gasteiger partial charge in [0.2, 0.25) is 10.0 Å². The highest BCUT2D eigenvalue weighted by atomic mass is 32.2. The van der Waals surface area contributed by atoms with Gasteiger partial charge in [-0.1, -0.05) is 13.0 Å². The fraction of sp³-hybridized carbons (Fsp3) is 0.364. The van der Waals surface area contributed by atoms with Crippen LogP contribution in [0.5, 0.6) is 0 Å². The Kier molecular flexibility index (Phi) is 5.11. The molecule has 0 amide bonds. The molecule has 0 spiro atoms. The fourth-order valence-electron chi connectivity index (χ4n) is 1.38. The first-order valence-electron chi connectivity index (χ1n) is 5.49. The molecule has 7 heteroatoms. The van der Waals surface area contributed by atoms with Crippen LogP contribution in [-0.4, -0.2) is 38.3 Å². The SMILES string of the molecule is CCNS(=O)(=O)CCNc1cccc(C(=O)O)c1. The Labute approximate surface area is 106 Å². The highest BCUT2D eigenvalue weighted by Gasteiger charge is 2.08. The second-order valence-electron chi connectivity index (χ2n) is 3.63. The van der Waals surface area contributed by atoms with Gasteiger partial charge >= 0.3 is 5.97 Å². The first-order valence-corrected chi connectivity index (χ1v) is 7.14. The molecule has 1 aromatic carbocycles. The van der Waals surface area contributed by atoms with E-state index in [1.54, 1.807) is 19.1 Å². The Hall–Kier alpha value is -1.60. The third-order valence-corrected chi connectivity index (χ3v) is 3.64. The zero-order valence-electron chi connectivity index (χ0n) is 10.0. The van der Waals surface area contributed by atoms with Gasteiger partial charge in [0, 0.05) is 18.8 Å². The highest BCUT2D eigenvalue weighted by molar-refractivity contribution is 7.89. The van der Waals surface area contributed by atoms with Gasteiger partial charge in [0.25, 0.3) is 0 Å². The molecule has 0 aliphatic rings. The molecule has 18 heavy (non-hydrogen) atoms. The van der Waals surface area contributed by atoms with E-state index in [0.717, 1.165) is 0 Å². The summed E-state index contributed by atoms with van der Waals surface area (Å²) in [4.78, 5) is 10.7. The first kappa shape index (κ1) is 14.5. The molecule has 0 radical (unpaired) electrons. The molecular formula is C11H16N2O4S. The molecule has 0 aliphatic carbocycles. The van der Waals surface area contributed by atoms with Crippen LogP contribution in [0.4, 0.5) is 5.69 Å². The molecule has 1 rings (SSSR count). The quantitative estimate of drug-likeness (QED) is 0.680. The molecule has 0 aromatic heterocycles. The van der Waals surface area contributed by atoms with Crippen molar-refractivity contribution in [3.63, 3.8) is 0 Å². The van der Waals surface area contributed by atoms with E-state index in [9.17, 15) is 13.2 Å². The van der Waals surface area contributed by atoms with E-state index in [1.807, 2.05) is 0 Å². The molecular weight excluding hydrogens is 256 g/mol. The van der Waals surface area contributed by atoms with Crippen molar-refractivity contribution in [3.05, 3.63) is 29.8 Å². The topological polar surface area (TPSA) is 95.5 Å². The maximum Gasteiger partial charge on any atom is 0.335 e. The summed E-state index contributed by atoms with van der Waals surface area (Å²) >= 11 is 0. The van der Waals surface area contributed by atoms with Gasteiger partial charge in [-0.15, -0.1) is 0 Å². The van der Waals surface area contributed by atoms with Crippen LogP contribution in [0.1, 0.15) is 17.3 Å². The van der Waals surface area contributed by atoms with Gasteiger partial charge in [0.15, 0.2) is 0 Å². The molecule has 0 atom stereocenters. The van der Waals surface area contributed by atoms with Gasteiger partial charge in [-0.25, -0.2) is 17.9 Å². The fourth-order valence-corrected chi connectivity index (χ4v) is 2.34. The van der Waals surface area contributed by atoms with Crippen molar-refractivity contribution in [1.82, 2.24) is 4.72 Å². The predicted octanol–water partition coefficient (Wildman–Crippen LogP) is 0.736. The van der Waals surface area contributed by atoms with Gasteiger partial charge in [-0.3, -0.25) is 0 Å². The Morgan fingerprint density at radius 2 is 2.11 bits per heavy atom. The molecule has 6 nitrogen and oxygen atoms in total. The number of nitrogens with one attached hydrogen (secondary N) is 2. The number of hydrogen-bond donors (Lipinski definition) is 3. The van der Waals surface area contributed by atoms with E-state index in [-0.39, 0.29) is 17.9 Å². The number of carbonyl (C=O) groups is 1. The van der Waals surface area contributed by atoms with Gasteiger partial charge in [0.1, 0.15) is 0 Å². The molecule has 0 aliphatic heterocycles. The maximum absolute atomic E-state index is 11.4. The summed E-state index contributed by atoms with van der Waals surface area (Å²) in [5, 5.41) is 11.7. The third-order valence-electron chi connectivity index (χ3n) is 2.17. The Morgan fingerprint density at radius 3 is 2.72 bits per heavy atom.